The van der Waals surface area contributed by atoms with Gasteiger partial charge in [-0.3, -0.25) is 4.79 Å². The molecule has 0 saturated carbocycles. The molecule has 8 heteroatoms. The summed E-state index contributed by atoms with van der Waals surface area (Å²) in [6.45, 7) is 0.509. The Bertz CT molecular complexity index is 961. The average Bonchev–Trinajstić information content (AvgIpc) is 3.20. The van der Waals surface area contributed by atoms with E-state index in [1.54, 1.807) is 43.1 Å². The summed E-state index contributed by atoms with van der Waals surface area (Å²) in [6, 6.07) is 14.6. The molecule has 146 valence electrons. The Morgan fingerprint density at radius 1 is 1.25 bits per heavy atom. The van der Waals surface area contributed by atoms with Gasteiger partial charge in [0.15, 0.2) is 11.5 Å². The molecule has 1 amide bonds. The van der Waals surface area contributed by atoms with Crippen molar-refractivity contribution in [3.63, 3.8) is 0 Å². The van der Waals surface area contributed by atoms with Crippen molar-refractivity contribution >= 4 is 29.3 Å². The molecule has 0 aliphatic carbocycles. The number of carbonyl (C=O) groups excluding carboxylic acids is 1. The fraction of sp³-hybridized carbons (Fsp3) is 0.200. The van der Waals surface area contributed by atoms with Crippen LogP contribution in [0.5, 0.6) is 11.5 Å². The smallest absolute Gasteiger partial charge is 0.273 e. The molecule has 0 radical (unpaired) electrons. The monoisotopic (exact) mass is 418 g/mol. The number of nitrogens with zero attached hydrogens (tertiary/aromatic N) is 1. The number of aromatic nitrogens is 1. The molecule has 3 aromatic rings. The summed E-state index contributed by atoms with van der Waals surface area (Å²) in [6.07, 6.45) is 2.01. The predicted molar refractivity (Wildman–Crippen MR) is 108 cm³/mol. The number of ether oxygens (including phenoxy) is 2. The third kappa shape index (κ3) is 5.21. The van der Waals surface area contributed by atoms with Gasteiger partial charge in [-0.2, -0.15) is 0 Å². The second-order valence-corrected chi connectivity index (χ2v) is 7.08. The molecule has 0 unspecified atom stereocenters. The minimum Gasteiger partial charge on any atom is -0.497 e. The van der Waals surface area contributed by atoms with Crippen LogP contribution in [0.1, 0.15) is 21.8 Å². The molecule has 0 aliphatic rings. The number of amides is 1. The Hall–Kier alpha value is -2.64. The van der Waals surface area contributed by atoms with Gasteiger partial charge >= 0.3 is 0 Å². The highest BCUT2D eigenvalue weighted by Crippen LogP contribution is 2.29. The molecule has 0 spiro atoms. The summed E-state index contributed by atoms with van der Waals surface area (Å²) in [4.78, 5) is 13.4. The number of hydrogen-bond donors (Lipinski definition) is 1. The van der Waals surface area contributed by atoms with Crippen molar-refractivity contribution in [3.8, 4) is 11.5 Å². The zero-order valence-corrected chi connectivity index (χ0v) is 17.0. The van der Waals surface area contributed by atoms with Crippen molar-refractivity contribution in [2.24, 2.45) is 0 Å². The van der Waals surface area contributed by atoms with Crippen LogP contribution in [0.15, 0.2) is 57.9 Å². The number of rotatable bonds is 8. The number of thioether (sulfide) groups is 1. The molecule has 0 fully saturated rings. The van der Waals surface area contributed by atoms with Crippen LogP contribution in [-0.4, -0.2) is 24.4 Å². The maximum absolute atomic E-state index is 12.3. The molecule has 6 nitrogen and oxygen atoms in total. The van der Waals surface area contributed by atoms with Crippen LogP contribution in [0.3, 0.4) is 0 Å². The van der Waals surface area contributed by atoms with Gasteiger partial charge in [0.25, 0.3) is 5.91 Å². The number of halogens is 1. The molecule has 28 heavy (non-hydrogen) atoms. The van der Waals surface area contributed by atoms with E-state index in [9.17, 15) is 4.79 Å². The molecule has 0 aliphatic heterocycles. The van der Waals surface area contributed by atoms with E-state index in [0.29, 0.717) is 28.8 Å². The van der Waals surface area contributed by atoms with E-state index in [2.05, 4.69) is 10.5 Å². The maximum Gasteiger partial charge on any atom is 0.273 e. The average molecular weight is 419 g/mol. The SMILES string of the molecule is COc1ccc(OCc2cc(C(=O)NCc3cccc(SC)c3)no2)c(Cl)c1. The van der Waals surface area contributed by atoms with Gasteiger partial charge in [-0.1, -0.05) is 28.9 Å². The normalized spacial score (nSPS) is 10.5. The highest BCUT2D eigenvalue weighted by molar-refractivity contribution is 7.98. The molecule has 1 aromatic heterocycles. The Labute approximate surface area is 172 Å². The van der Waals surface area contributed by atoms with Crippen LogP contribution in [-0.2, 0) is 13.2 Å². The summed E-state index contributed by atoms with van der Waals surface area (Å²) in [5.41, 5.74) is 1.21. The lowest BCUT2D eigenvalue weighted by Gasteiger charge is -2.07. The second-order valence-electron chi connectivity index (χ2n) is 5.80. The van der Waals surface area contributed by atoms with Crippen LogP contribution < -0.4 is 14.8 Å². The highest BCUT2D eigenvalue weighted by atomic mass is 35.5. The molecule has 1 N–H and O–H groups in total. The quantitative estimate of drug-likeness (QED) is 0.540. The van der Waals surface area contributed by atoms with Gasteiger partial charge in [-0.15, -0.1) is 11.8 Å². The van der Waals surface area contributed by atoms with E-state index < -0.39 is 0 Å². The predicted octanol–water partition coefficient (Wildman–Crippen LogP) is 4.57. The third-order valence-electron chi connectivity index (χ3n) is 3.89. The van der Waals surface area contributed by atoms with E-state index in [1.807, 2.05) is 30.5 Å². The summed E-state index contributed by atoms with van der Waals surface area (Å²) in [7, 11) is 1.56. The fourth-order valence-corrected chi connectivity index (χ4v) is 3.13. The van der Waals surface area contributed by atoms with Crippen molar-refractivity contribution in [2.45, 2.75) is 18.0 Å². The minimum atomic E-state index is -0.313. The van der Waals surface area contributed by atoms with Gasteiger partial charge in [-0.25, -0.2) is 0 Å². The molecule has 2 aromatic carbocycles. The zero-order valence-electron chi connectivity index (χ0n) is 15.4. The van der Waals surface area contributed by atoms with Crippen LogP contribution in [0.2, 0.25) is 5.02 Å². The Kier molecular flexibility index (Phi) is 6.84. The van der Waals surface area contributed by atoms with Gasteiger partial charge in [0.2, 0.25) is 0 Å². The lowest BCUT2D eigenvalue weighted by molar-refractivity contribution is 0.0941. The minimum absolute atomic E-state index is 0.0993. The number of hydrogen-bond acceptors (Lipinski definition) is 6. The maximum atomic E-state index is 12.3. The van der Waals surface area contributed by atoms with Crippen LogP contribution >= 0.6 is 23.4 Å². The molecule has 0 bridgehead atoms. The molecule has 0 saturated heterocycles. The highest BCUT2D eigenvalue weighted by Gasteiger charge is 2.13. The summed E-state index contributed by atoms with van der Waals surface area (Å²) in [5, 5.41) is 7.05. The van der Waals surface area contributed by atoms with Gasteiger partial charge < -0.3 is 19.3 Å². The lowest BCUT2D eigenvalue weighted by atomic mass is 10.2. The second kappa shape index (κ2) is 9.52. The third-order valence-corrected chi connectivity index (χ3v) is 4.91. The van der Waals surface area contributed by atoms with E-state index in [1.165, 1.54) is 0 Å². The molecule has 3 rings (SSSR count). The first-order chi connectivity index (χ1) is 13.6. The first-order valence-corrected chi connectivity index (χ1v) is 10.0. The van der Waals surface area contributed by atoms with Crippen molar-refractivity contribution in [1.82, 2.24) is 10.5 Å². The van der Waals surface area contributed by atoms with Crippen LogP contribution in [0, 0.1) is 0 Å². The first kappa shape index (κ1) is 20.1. The van der Waals surface area contributed by atoms with Gasteiger partial charge in [0.05, 0.1) is 12.1 Å². The Balaban J connectivity index is 1.55. The van der Waals surface area contributed by atoms with E-state index >= 15 is 0 Å². The Morgan fingerprint density at radius 2 is 2.11 bits per heavy atom. The van der Waals surface area contributed by atoms with Crippen molar-refractivity contribution in [2.75, 3.05) is 13.4 Å². The summed E-state index contributed by atoms with van der Waals surface area (Å²) >= 11 is 7.79. The summed E-state index contributed by atoms with van der Waals surface area (Å²) in [5.74, 6) is 1.23. The van der Waals surface area contributed by atoms with Crippen molar-refractivity contribution in [3.05, 3.63) is 70.6 Å². The number of nitrogens with one attached hydrogen (secondary N) is 1. The number of carbonyl (C=O) groups is 1. The molecule has 1 heterocycles. The molecular formula is C20H19ClN2O4S. The molecular weight excluding hydrogens is 400 g/mol. The summed E-state index contributed by atoms with van der Waals surface area (Å²) < 4.78 is 15.9. The van der Waals surface area contributed by atoms with Crippen molar-refractivity contribution in [1.29, 1.82) is 0 Å². The van der Waals surface area contributed by atoms with E-state index in [4.69, 9.17) is 25.6 Å². The molecule has 0 atom stereocenters. The zero-order chi connectivity index (χ0) is 19.9. The lowest BCUT2D eigenvalue weighted by Crippen LogP contribution is -2.23. The van der Waals surface area contributed by atoms with Gasteiger partial charge in [0, 0.05) is 23.6 Å². The fourth-order valence-electron chi connectivity index (χ4n) is 2.42. The van der Waals surface area contributed by atoms with Crippen molar-refractivity contribution < 1.29 is 18.8 Å². The van der Waals surface area contributed by atoms with Crippen LogP contribution in [0.25, 0.3) is 0 Å². The van der Waals surface area contributed by atoms with E-state index in [-0.39, 0.29) is 18.2 Å². The van der Waals surface area contributed by atoms with E-state index in [0.717, 1.165) is 10.5 Å². The number of methoxy groups -OCH3 is 1. The standard InChI is InChI=1S/C20H19ClN2O4S/c1-25-14-6-7-19(17(21)9-14)26-12-15-10-18(23-27-15)20(24)22-11-13-4-3-5-16(8-13)28-2/h3-10H,11-12H2,1-2H3,(H,22,24). The van der Waals surface area contributed by atoms with Gasteiger partial charge in [0.1, 0.15) is 18.1 Å². The van der Waals surface area contributed by atoms with Gasteiger partial charge in [-0.05, 0) is 36.1 Å². The Morgan fingerprint density at radius 3 is 2.86 bits per heavy atom. The number of benzene rings is 2. The topological polar surface area (TPSA) is 73.6 Å². The first-order valence-electron chi connectivity index (χ1n) is 8.42. The van der Waals surface area contributed by atoms with Crippen LogP contribution in [0.4, 0.5) is 0 Å². The largest absolute Gasteiger partial charge is 0.497 e.